The molecule has 0 aromatic heterocycles. The molecule has 1 aliphatic rings. The van der Waals surface area contributed by atoms with Crippen LogP contribution in [0.3, 0.4) is 0 Å². The van der Waals surface area contributed by atoms with E-state index in [-0.39, 0.29) is 6.42 Å². The number of benzene rings is 1. The van der Waals surface area contributed by atoms with Gasteiger partial charge in [-0.05, 0) is 37.5 Å². The van der Waals surface area contributed by atoms with Crippen LogP contribution < -0.4 is 11.1 Å². The van der Waals surface area contributed by atoms with E-state index in [1.165, 1.54) is 0 Å². The number of amides is 1. The van der Waals surface area contributed by atoms with Crippen molar-refractivity contribution in [3.63, 3.8) is 0 Å². The van der Waals surface area contributed by atoms with Gasteiger partial charge in [0.05, 0.1) is 12.0 Å². The summed E-state index contributed by atoms with van der Waals surface area (Å²) in [4.78, 5) is 22.3. The number of primary amides is 1. The number of halogens is 1. The highest BCUT2D eigenvalue weighted by molar-refractivity contribution is 9.10. The van der Waals surface area contributed by atoms with Crippen molar-refractivity contribution in [2.75, 3.05) is 5.32 Å². The predicted octanol–water partition coefficient (Wildman–Crippen LogP) is 2.36. The van der Waals surface area contributed by atoms with Crippen LogP contribution in [0.15, 0.2) is 22.7 Å². The fourth-order valence-corrected chi connectivity index (χ4v) is 2.72. The molecular weight excluding hydrogens is 312 g/mol. The molecule has 1 fully saturated rings. The van der Waals surface area contributed by atoms with Gasteiger partial charge in [-0.15, -0.1) is 0 Å². The van der Waals surface area contributed by atoms with Gasteiger partial charge in [0, 0.05) is 15.7 Å². The van der Waals surface area contributed by atoms with Gasteiger partial charge in [-0.1, -0.05) is 15.9 Å². The standard InChI is InChI=1S/C13H15BrN2O3/c14-8-2-3-9(12(15)19)10(6-8)16-13(4-1-5-13)7-11(17)18/h2-3,6,16H,1,4-5,7H2,(H2,15,19)(H,17,18). The van der Waals surface area contributed by atoms with Gasteiger partial charge < -0.3 is 16.2 Å². The van der Waals surface area contributed by atoms with Crippen molar-refractivity contribution in [1.29, 1.82) is 0 Å². The van der Waals surface area contributed by atoms with Crippen LogP contribution in [0.25, 0.3) is 0 Å². The van der Waals surface area contributed by atoms with Gasteiger partial charge in [-0.2, -0.15) is 0 Å². The van der Waals surface area contributed by atoms with E-state index in [0.717, 1.165) is 23.7 Å². The first kappa shape index (κ1) is 13.9. The summed E-state index contributed by atoms with van der Waals surface area (Å²) in [5.74, 6) is -1.37. The number of hydrogen-bond donors (Lipinski definition) is 3. The van der Waals surface area contributed by atoms with Crippen LogP contribution in [0, 0.1) is 0 Å². The first-order chi connectivity index (χ1) is 8.92. The summed E-state index contributed by atoms with van der Waals surface area (Å²) in [5.41, 5.74) is 5.83. The molecule has 1 saturated carbocycles. The van der Waals surface area contributed by atoms with Crippen molar-refractivity contribution in [2.24, 2.45) is 5.73 Å². The van der Waals surface area contributed by atoms with E-state index in [9.17, 15) is 9.59 Å². The van der Waals surface area contributed by atoms with Crippen molar-refractivity contribution in [1.82, 2.24) is 0 Å². The van der Waals surface area contributed by atoms with Crippen LogP contribution in [0.2, 0.25) is 0 Å². The molecule has 0 bridgehead atoms. The summed E-state index contributed by atoms with van der Waals surface area (Å²) >= 11 is 3.34. The Morgan fingerprint density at radius 3 is 2.58 bits per heavy atom. The van der Waals surface area contributed by atoms with Gasteiger partial charge in [0.1, 0.15) is 0 Å². The highest BCUT2D eigenvalue weighted by Gasteiger charge is 2.39. The molecule has 4 N–H and O–H groups in total. The Morgan fingerprint density at radius 2 is 2.11 bits per heavy atom. The van der Waals surface area contributed by atoms with Crippen molar-refractivity contribution < 1.29 is 14.7 Å². The molecule has 0 saturated heterocycles. The molecule has 0 spiro atoms. The zero-order chi connectivity index (χ0) is 14.0. The fraction of sp³-hybridized carbons (Fsp3) is 0.385. The average Bonchev–Trinajstić information content (AvgIpc) is 2.25. The number of carbonyl (C=O) groups excluding carboxylic acids is 1. The number of nitrogens with two attached hydrogens (primary N) is 1. The Morgan fingerprint density at radius 1 is 1.42 bits per heavy atom. The minimum absolute atomic E-state index is 0.0394. The number of rotatable bonds is 5. The first-order valence-electron chi connectivity index (χ1n) is 6.01. The summed E-state index contributed by atoms with van der Waals surface area (Å²) in [6.07, 6.45) is 2.59. The Balaban J connectivity index is 2.28. The molecule has 6 heteroatoms. The van der Waals surface area contributed by atoms with E-state index in [1.807, 2.05) is 0 Å². The topological polar surface area (TPSA) is 92.4 Å². The van der Waals surface area contributed by atoms with Gasteiger partial charge in [0.2, 0.25) is 0 Å². The lowest BCUT2D eigenvalue weighted by Gasteiger charge is -2.42. The number of carbonyl (C=O) groups is 2. The van der Waals surface area contributed by atoms with E-state index in [1.54, 1.807) is 18.2 Å². The second-order valence-corrected chi connectivity index (χ2v) is 5.80. The summed E-state index contributed by atoms with van der Waals surface area (Å²) in [7, 11) is 0. The van der Waals surface area contributed by atoms with E-state index in [2.05, 4.69) is 21.2 Å². The van der Waals surface area contributed by atoms with Crippen molar-refractivity contribution in [3.8, 4) is 0 Å². The maximum Gasteiger partial charge on any atom is 0.305 e. The van der Waals surface area contributed by atoms with E-state index < -0.39 is 17.4 Å². The summed E-state index contributed by atoms with van der Waals surface area (Å²) in [6, 6.07) is 5.11. The SMILES string of the molecule is NC(=O)c1ccc(Br)cc1NC1(CC(=O)O)CCC1. The molecule has 1 aromatic rings. The molecule has 0 unspecified atom stereocenters. The van der Waals surface area contributed by atoms with Crippen LogP contribution in [-0.4, -0.2) is 22.5 Å². The molecule has 0 radical (unpaired) electrons. The molecule has 5 nitrogen and oxygen atoms in total. The van der Waals surface area contributed by atoms with E-state index in [0.29, 0.717) is 11.3 Å². The monoisotopic (exact) mass is 326 g/mol. The highest BCUT2D eigenvalue weighted by atomic mass is 79.9. The number of hydrogen-bond acceptors (Lipinski definition) is 3. The van der Waals surface area contributed by atoms with E-state index in [4.69, 9.17) is 10.8 Å². The average molecular weight is 327 g/mol. The molecule has 0 aliphatic heterocycles. The molecule has 1 aliphatic carbocycles. The molecule has 1 aromatic carbocycles. The zero-order valence-corrected chi connectivity index (χ0v) is 11.9. The molecular formula is C13H15BrN2O3. The molecule has 102 valence electrons. The number of carboxylic acids is 1. The minimum Gasteiger partial charge on any atom is -0.481 e. The van der Waals surface area contributed by atoms with Crippen molar-refractivity contribution in [2.45, 2.75) is 31.2 Å². The zero-order valence-electron chi connectivity index (χ0n) is 10.3. The third kappa shape index (κ3) is 3.07. The highest BCUT2D eigenvalue weighted by Crippen LogP contribution is 2.39. The minimum atomic E-state index is -0.845. The lowest BCUT2D eigenvalue weighted by molar-refractivity contribution is -0.138. The van der Waals surface area contributed by atoms with Gasteiger partial charge >= 0.3 is 5.97 Å². The first-order valence-corrected chi connectivity index (χ1v) is 6.80. The predicted molar refractivity (Wildman–Crippen MR) is 75.1 cm³/mol. The second-order valence-electron chi connectivity index (χ2n) is 4.88. The number of carboxylic acid groups (broad SMARTS) is 1. The molecule has 0 atom stereocenters. The smallest absolute Gasteiger partial charge is 0.305 e. The summed E-state index contributed by atoms with van der Waals surface area (Å²) < 4.78 is 0.810. The van der Waals surface area contributed by atoms with Gasteiger partial charge in [-0.3, -0.25) is 9.59 Å². The maximum atomic E-state index is 11.4. The Bertz CT molecular complexity index is 527. The van der Waals surface area contributed by atoms with Crippen LogP contribution >= 0.6 is 15.9 Å². The Kier molecular flexibility index (Phi) is 3.80. The molecule has 2 rings (SSSR count). The van der Waals surface area contributed by atoms with Gasteiger partial charge in [0.25, 0.3) is 5.91 Å². The van der Waals surface area contributed by atoms with Crippen LogP contribution in [0.4, 0.5) is 5.69 Å². The molecule has 0 heterocycles. The largest absolute Gasteiger partial charge is 0.481 e. The third-order valence-corrected chi connectivity index (χ3v) is 3.94. The lowest BCUT2D eigenvalue weighted by Crippen LogP contribution is -2.47. The number of aliphatic carboxylic acids is 1. The van der Waals surface area contributed by atoms with E-state index >= 15 is 0 Å². The molecule has 19 heavy (non-hydrogen) atoms. The maximum absolute atomic E-state index is 11.4. The van der Waals surface area contributed by atoms with Crippen molar-refractivity contribution >= 4 is 33.5 Å². The normalized spacial score (nSPS) is 16.5. The fourth-order valence-electron chi connectivity index (χ4n) is 2.36. The van der Waals surface area contributed by atoms with Crippen molar-refractivity contribution in [3.05, 3.63) is 28.2 Å². The second kappa shape index (κ2) is 5.21. The van der Waals surface area contributed by atoms with Crippen LogP contribution in [0.1, 0.15) is 36.0 Å². The quantitative estimate of drug-likeness (QED) is 0.774. The summed E-state index contributed by atoms with van der Waals surface area (Å²) in [5, 5.41) is 12.2. The summed E-state index contributed by atoms with van der Waals surface area (Å²) in [6.45, 7) is 0. The Hall–Kier alpha value is -1.56. The van der Waals surface area contributed by atoms with Gasteiger partial charge in [-0.25, -0.2) is 0 Å². The Labute approximate surface area is 119 Å². The third-order valence-electron chi connectivity index (χ3n) is 3.45. The van der Waals surface area contributed by atoms with Gasteiger partial charge in [0.15, 0.2) is 0 Å². The van der Waals surface area contributed by atoms with Crippen LogP contribution in [0.5, 0.6) is 0 Å². The lowest BCUT2D eigenvalue weighted by atomic mass is 9.74. The number of anilines is 1. The number of nitrogens with one attached hydrogen (secondary N) is 1. The molecule has 1 amide bonds. The van der Waals surface area contributed by atoms with Crippen LogP contribution in [-0.2, 0) is 4.79 Å².